The number of benzene rings is 1. The predicted octanol–water partition coefficient (Wildman–Crippen LogP) is 3.81. The fourth-order valence-corrected chi connectivity index (χ4v) is 3.85. The van der Waals surface area contributed by atoms with E-state index in [0.29, 0.717) is 0 Å². The second-order valence-electron chi connectivity index (χ2n) is 5.21. The molecule has 4 nitrogen and oxygen atoms in total. The molecule has 0 bridgehead atoms. The number of aryl methyl sites for hydroxylation is 2. The van der Waals surface area contributed by atoms with E-state index in [2.05, 4.69) is 57.3 Å². The highest BCUT2D eigenvalue weighted by Gasteiger charge is 2.13. The molecule has 0 saturated carbocycles. The highest BCUT2D eigenvalue weighted by Crippen LogP contribution is 2.20. The fraction of sp³-hybridized carbons (Fsp3) is 0.312. The molecule has 0 unspecified atom stereocenters. The molecule has 0 N–H and O–H groups in total. The highest BCUT2D eigenvalue weighted by molar-refractivity contribution is 7.11. The molecule has 2 heterocycles. The Balaban J connectivity index is 1.76. The maximum absolute atomic E-state index is 4.35. The SMILES string of the molecule is Cc1nnc(CN(Cc2ccccc2)Cc2scnc2C)s1. The van der Waals surface area contributed by atoms with Gasteiger partial charge in [0.15, 0.2) is 0 Å². The van der Waals surface area contributed by atoms with Crippen molar-refractivity contribution < 1.29 is 0 Å². The van der Waals surface area contributed by atoms with Gasteiger partial charge in [-0.25, -0.2) is 4.98 Å². The first-order valence-electron chi connectivity index (χ1n) is 7.15. The van der Waals surface area contributed by atoms with Gasteiger partial charge < -0.3 is 0 Å². The first-order valence-corrected chi connectivity index (χ1v) is 8.84. The van der Waals surface area contributed by atoms with Crippen LogP contribution in [0.4, 0.5) is 0 Å². The van der Waals surface area contributed by atoms with Crippen molar-refractivity contribution >= 4 is 22.7 Å². The summed E-state index contributed by atoms with van der Waals surface area (Å²) in [4.78, 5) is 8.07. The molecule has 6 heteroatoms. The molecule has 3 rings (SSSR count). The van der Waals surface area contributed by atoms with Crippen molar-refractivity contribution in [3.63, 3.8) is 0 Å². The maximum Gasteiger partial charge on any atom is 0.131 e. The zero-order chi connectivity index (χ0) is 15.4. The molecule has 22 heavy (non-hydrogen) atoms. The van der Waals surface area contributed by atoms with Crippen LogP contribution in [-0.2, 0) is 19.6 Å². The average Bonchev–Trinajstić information content (AvgIpc) is 3.09. The van der Waals surface area contributed by atoms with Crippen molar-refractivity contribution in [2.75, 3.05) is 0 Å². The molecule has 0 spiro atoms. The van der Waals surface area contributed by atoms with Gasteiger partial charge in [-0.3, -0.25) is 4.90 Å². The van der Waals surface area contributed by atoms with Crippen LogP contribution in [-0.4, -0.2) is 20.1 Å². The van der Waals surface area contributed by atoms with Gasteiger partial charge in [0.1, 0.15) is 10.0 Å². The van der Waals surface area contributed by atoms with Crippen LogP contribution in [0.15, 0.2) is 35.8 Å². The average molecular weight is 330 g/mol. The largest absolute Gasteiger partial charge is 0.287 e. The van der Waals surface area contributed by atoms with Gasteiger partial charge in [0, 0.05) is 18.0 Å². The van der Waals surface area contributed by atoms with Crippen molar-refractivity contribution in [3.05, 3.63) is 62.0 Å². The van der Waals surface area contributed by atoms with E-state index in [1.807, 2.05) is 12.4 Å². The molecule has 114 valence electrons. The summed E-state index contributed by atoms with van der Waals surface area (Å²) < 4.78 is 0. The van der Waals surface area contributed by atoms with Gasteiger partial charge in [-0.1, -0.05) is 30.3 Å². The topological polar surface area (TPSA) is 41.9 Å². The van der Waals surface area contributed by atoms with Crippen molar-refractivity contribution in [1.29, 1.82) is 0 Å². The lowest BCUT2D eigenvalue weighted by atomic mass is 10.2. The normalized spacial score (nSPS) is 11.2. The van der Waals surface area contributed by atoms with Crippen LogP contribution in [0, 0.1) is 13.8 Å². The molecule has 1 aromatic carbocycles. The van der Waals surface area contributed by atoms with Crippen molar-refractivity contribution in [1.82, 2.24) is 20.1 Å². The van der Waals surface area contributed by atoms with Gasteiger partial charge in [0.05, 0.1) is 17.7 Å². The molecule has 0 aliphatic carbocycles. The minimum Gasteiger partial charge on any atom is -0.287 e. The molecule has 0 aliphatic rings. The van der Waals surface area contributed by atoms with Crippen LogP contribution in [0.5, 0.6) is 0 Å². The van der Waals surface area contributed by atoms with Crippen LogP contribution < -0.4 is 0 Å². The molecule has 0 radical (unpaired) electrons. The standard InChI is InChI=1S/C16H18N4S2/c1-12-15(21-11-17-12)9-20(8-14-6-4-3-5-7-14)10-16-19-18-13(2)22-16/h3-7,11H,8-10H2,1-2H3. The smallest absolute Gasteiger partial charge is 0.131 e. The summed E-state index contributed by atoms with van der Waals surface area (Å²) in [7, 11) is 0. The van der Waals surface area contributed by atoms with Crippen molar-refractivity contribution in [2.24, 2.45) is 0 Å². The number of rotatable bonds is 6. The second-order valence-corrected chi connectivity index (χ2v) is 7.41. The quantitative estimate of drug-likeness (QED) is 0.689. The summed E-state index contributed by atoms with van der Waals surface area (Å²) in [6.07, 6.45) is 0. The van der Waals surface area contributed by atoms with E-state index in [-0.39, 0.29) is 0 Å². The first-order chi connectivity index (χ1) is 10.7. The Kier molecular flexibility index (Phi) is 4.92. The molecular formula is C16H18N4S2. The molecule has 2 aromatic heterocycles. The van der Waals surface area contributed by atoms with Crippen LogP contribution in [0.1, 0.15) is 26.1 Å². The third kappa shape index (κ3) is 3.97. The Morgan fingerprint density at radius 1 is 1.00 bits per heavy atom. The van der Waals surface area contributed by atoms with Crippen LogP contribution >= 0.6 is 22.7 Å². The Bertz CT molecular complexity index is 721. The Hall–Kier alpha value is -1.63. The molecule has 0 amide bonds. The number of aromatic nitrogens is 3. The third-order valence-corrected chi connectivity index (χ3v) is 5.13. The fourth-order valence-electron chi connectivity index (χ4n) is 2.28. The molecular weight excluding hydrogens is 312 g/mol. The maximum atomic E-state index is 4.35. The number of hydrogen-bond acceptors (Lipinski definition) is 6. The Morgan fingerprint density at radius 3 is 2.45 bits per heavy atom. The van der Waals surface area contributed by atoms with E-state index in [4.69, 9.17) is 0 Å². The second kappa shape index (κ2) is 7.09. The Morgan fingerprint density at radius 2 is 1.82 bits per heavy atom. The van der Waals surface area contributed by atoms with Crippen molar-refractivity contribution in [2.45, 2.75) is 33.5 Å². The number of thiazole rings is 1. The summed E-state index contributed by atoms with van der Waals surface area (Å²) in [5.41, 5.74) is 4.35. The van der Waals surface area contributed by atoms with Gasteiger partial charge in [-0.05, 0) is 19.4 Å². The summed E-state index contributed by atoms with van der Waals surface area (Å²) in [6.45, 7) is 6.68. The highest BCUT2D eigenvalue weighted by atomic mass is 32.1. The van der Waals surface area contributed by atoms with Crippen LogP contribution in [0.25, 0.3) is 0 Å². The monoisotopic (exact) mass is 330 g/mol. The van der Waals surface area contributed by atoms with E-state index in [0.717, 1.165) is 35.3 Å². The number of hydrogen-bond donors (Lipinski definition) is 0. The van der Waals surface area contributed by atoms with E-state index >= 15 is 0 Å². The summed E-state index contributed by atoms with van der Waals surface area (Å²) in [6, 6.07) is 10.5. The van der Waals surface area contributed by atoms with E-state index in [1.54, 1.807) is 22.7 Å². The molecule has 0 aliphatic heterocycles. The third-order valence-electron chi connectivity index (χ3n) is 3.39. The zero-order valence-corrected chi connectivity index (χ0v) is 14.3. The predicted molar refractivity (Wildman–Crippen MR) is 90.9 cm³/mol. The van der Waals surface area contributed by atoms with Crippen LogP contribution in [0.2, 0.25) is 0 Å². The minimum atomic E-state index is 0.817. The molecule has 0 atom stereocenters. The Labute approximate surface area is 138 Å². The van der Waals surface area contributed by atoms with Gasteiger partial charge >= 0.3 is 0 Å². The minimum absolute atomic E-state index is 0.817. The molecule has 0 fully saturated rings. The molecule has 0 saturated heterocycles. The lowest BCUT2D eigenvalue weighted by Gasteiger charge is -2.20. The van der Waals surface area contributed by atoms with Gasteiger partial charge in [-0.2, -0.15) is 0 Å². The lowest BCUT2D eigenvalue weighted by molar-refractivity contribution is 0.248. The summed E-state index contributed by atoms with van der Waals surface area (Å²) in [5, 5.41) is 10.5. The first kappa shape index (κ1) is 15.3. The van der Waals surface area contributed by atoms with Gasteiger partial charge in [-0.15, -0.1) is 32.9 Å². The van der Waals surface area contributed by atoms with E-state index in [1.165, 1.54) is 10.4 Å². The van der Waals surface area contributed by atoms with Crippen molar-refractivity contribution in [3.8, 4) is 0 Å². The van der Waals surface area contributed by atoms with Gasteiger partial charge in [0.25, 0.3) is 0 Å². The van der Waals surface area contributed by atoms with Crippen LogP contribution in [0.3, 0.4) is 0 Å². The lowest BCUT2D eigenvalue weighted by Crippen LogP contribution is -2.22. The molecule has 3 aromatic rings. The van der Waals surface area contributed by atoms with Gasteiger partial charge in [0.2, 0.25) is 0 Å². The van der Waals surface area contributed by atoms with E-state index < -0.39 is 0 Å². The number of nitrogens with zero attached hydrogens (tertiary/aromatic N) is 4. The van der Waals surface area contributed by atoms with E-state index in [9.17, 15) is 0 Å². The summed E-state index contributed by atoms with van der Waals surface area (Å²) in [5.74, 6) is 0. The summed E-state index contributed by atoms with van der Waals surface area (Å²) >= 11 is 3.39. The zero-order valence-electron chi connectivity index (χ0n) is 12.7.